The summed E-state index contributed by atoms with van der Waals surface area (Å²) in [6.45, 7) is 0. The summed E-state index contributed by atoms with van der Waals surface area (Å²) in [5.74, 6) is 0.301. The number of aryl methyl sites for hydroxylation is 1. The Kier molecular flexibility index (Phi) is 2.08. The molecule has 1 aromatic rings. The second kappa shape index (κ2) is 2.87. The van der Waals surface area contributed by atoms with E-state index in [1.807, 2.05) is 24.3 Å². The molecule has 0 fully saturated rings. The highest BCUT2D eigenvalue weighted by Crippen LogP contribution is 2.20. The third kappa shape index (κ3) is 1.18. The van der Waals surface area contributed by atoms with Crippen LogP contribution < -0.4 is 0 Å². The lowest BCUT2D eigenvalue weighted by Crippen LogP contribution is -1.88. The summed E-state index contributed by atoms with van der Waals surface area (Å²) < 4.78 is 0. The minimum Gasteiger partial charge on any atom is -0.294 e. The van der Waals surface area contributed by atoms with Crippen molar-refractivity contribution >= 4 is 5.78 Å². The SMILES string of the molecule is C.O=C1CCc2ccccc21. The Balaban J connectivity index is 0.000000605. The summed E-state index contributed by atoms with van der Waals surface area (Å²) in [6, 6.07) is 7.84. The van der Waals surface area contributed by atoms with Gasteiger partial charge in [0.15, 0.2) is 5.78 Å². The highest BCUT2D eigenvalue weighted by molar-refractivity contribution is 6.00. The molecule has 0 atom stereocenters. The molecular weight excluding hydrogens is 136 g/mol. The van der Waals surface area contributed by atoms with Gasteiger partial charge in [0.25, 0.3) is 0 Å². The standard InChI is InChI=1S/C9H8O.CH4/c10-9-6-5-7-3-1-2-4-8(7)9;/h1-4H,5-6H2;1H4. The van der Waals surface area contributed by atoms with Crippen molar-refractivity contribution in [3.8, 4) is 0 Å². The van der Waals surface area contributed by atoms with Crippen LogP contribution in [0.1, 0.15) is 29.8 Å². The molecule has 0 N–H and O–H groups in total. The minimum atomic E-state index is 0. The lowest BCUT2D eigenvalue weighted by molar-refractivity contribution is 0.0994. The van der Waals surface area contributed by atoms with Gasteiger partial charge >= 0.3 is 0 Å². The molecule has 11 heavy (non-hydrogen) atoms. The fraction of sp³-hybridized carbons (Fsp3) is 0.300. The summed E-state index contributed by atoms with van der Waals surface area (Å²) in [4.78, 5) is 11.1. The van der Waals surface area contributed by atoms with Crippen LogP contribution in [0, 0.1) is 0 Å². The second-order valence-corrected chi connectivity index (χ2v) is 2.58. The molecular formula is C10H12O. The Morgan fingerprint density at radius 2 is 1.82 bits per heavy atom. The zero-order valence-corrected chi connectivity index (χ0v) is 5.63. The maximum atomic E-state index is 11.1. The number of hydrogen-bond acceptors (Lipinski definition) is 1. The molecule has 0 saturated carbocycles. The van der Waals surface area contributed by atoms with Crippen LogP contribution in [-0.2, 0) is 6.42 Å². The monoisotopic (exact) mass is 148 g/mol. The van der Waals surface area contributed by atoms with E-state index < -0.39 is 0 Å². The van der Waals surface area contributed by atoms with Crippen molar-refractivity contribution in [3.63, 3.8) is 0 Å². The summed E-state index contributed by atoms with van der Waals surface area (Å²) in [5, 5.41) is 0. The van der Waals surface area contributed by atoms with Crippen LogP contribution in [-0.4, -0.2) is 5.78 Å². The molecule has 58 valence electrons. The molecule has 0 saturated heterocycles. The van der Waals surface area contributed by atoms with Crippen LogP contribution in [0.4, 0.5) is 0 Å². The van der Waals surface area contributed by atoms with Crippen LogP contribution >= 0.6 is 0 Å². The number of carbonyl (C=O) groups is 1. The highest BCUT2D eigenvalue weighted by atomic mass is 16.1. The first-order valence-corrected chi connectivity index (χ1v) is 3.49. The van der Waals surface area contributed by atoms with Crippen LogP contribution in [0.15, 0.2) is 24.3 Å². The Bertz CT molecular complexity index is 276. The molecule has 0 spiro atoms. The van der Waals surface area contributed by atoms with E-state index in [9.17, 15) is 4.79 Å². The van der Waals surface area contributed by atoms with Crippen molar-refractivity contribution in [3.05, 3.63) is 35.4 Å². The Morgan fingerprint density at radius 3 is 2.55 bits per heavy atom. The van der Waals surface area contributed by atoms with E-state index in [0.29, 0.717) is 12.2 Å². The number of Topliss-reactive ketones (excluding diaryl/α,β-unsaturated/α-hetero) is 1. The zero-order valence-electron chi connectivity index (χ0n) is 5.63. The van der Waals surface area contributed by atoms with E-state index in [2.05, 4.69) is 0 Å². The smallest absolute Gasteiger partial charge is 0.163 e. The fourth-order valence-electron chi connectivity index (χ4n) is 1.39. The number of carbonyl (C=O) groups excluding carboxylic acids is 1. The largest absolute Gasteiger partial charge is 0.294 e. The molecule has 1 aliphatic rings. The van der Waals surface area contributed by atoms with Gasteiger partial charge in [-0.25, -0.2) is 0 Å². The summed E-state index contributed by atoms with van der Waals surface area (Å²) in [6.07, 6.45) is 1.65. The lowest BCUT2D eigenvalue weighted by Gasteiger charge is -1.92. The van der Waals surface area contributed by atoms with Gasteiger partial charge in [-0.15, -0.1) is 0 Å². The molecule has 0 radical (unpaired) electrons. The average Bonchev–Trinajstić information content (AvgIpc) is 2.34. The Morgan fingerprint density at radius 1 is 1.09 bits per heavy atom. The number of rotatable bonds is 0. The Labute approximate surface area is 67.1 Å². The highest BCUT2D eigenvalue weighted by Gasteiger charge is 2.17. The van der Waals surface area contributed by atoms with Crippen molar-refractivity contribution in [2.24, 2.45) is 0 Å². The second-order valence-electron chi connectivity index (χ2n) is 2.58. The zero-order chi connectivity index (χ0) is 6.97. The minimum absolute atomic E-state index is 0. The van der Waals surface area contributed by atoms with Crippen molar-refractivity contribution in [2.45, 2.75) is 20.3 Å². The summed E-state index contributed by atoms with van der Waals surface area (Å²) in [7, 11) is 0. The van der Waals surface area contributed by atoms with Gasteiger partial charge in [-0.05, 0) is 12.0 Å². The van der Waals surface area contributed by atoms with Gasteiger partial charge in [0, 0.05) is 12.0 Å². The van der Waals surface area contributed by atoms with E-state index in [0.717, 1.165) is 12.0 Å². The van der Waals surface area contributed by atoms with E-state index in [1.54, 1.807) is 0 Å². The van der Waals surface area contributed by atoms with E-state index in [4.69, 9.17) is 0 Å². The van der Waals surface area contributed by atoms with Crippen molar-refractivity contribution in [2.75, 3.05) is 0 Å². The van der Waals surface area contributed by atoms with Gasteiger partial charge in [0.2, 0.25) is 0 Å². The Hall–Kier alpha value is -1.11. The topological polar surface area (TPSA) is 17.1 Å². The third-order valence-electron chi connectivity index (χ3n) is 1.94. The van der Waals surface area contributed by atoms with E-state index in [-0.39, 0.29) is 7.43 Å². The number of fused-ring (bicyclic) bond motifs is 1. The molecule has 0 unspecified atom stereocenters. The normalized spacial score (nSPS) is 14.0. The number of ketones is 1. The number of benzene rings is 1. The van der Waals surface area contributed by atoms with Crippen molar-refractivity contribution in [1.29, 1.82) is 0 Å². The molecule has 0 bridgehead atoms. The van der Waals surface area contributed by atoms with Gasteiger partial charge < -0.3 is 0 Å². The van der Waals surface area contributed by atoms with Gasteiger partial charge in [-0.1, -0.05) is 31.7 Å². The van der Waals surface area contributed by atoms with Crippen LogP contribution in [0.3, 0.4) is 0 Å². The molecule has 1 aromatic carbocycles. The van der Waals surface area contributed by atoms with Crippen molar-refractivity contribution < 1.29 is 4.79 Å². The molecule has 0 amide bonds. The quantitative estimate of drug-likeness (QED) is 0.552. The molecule has 1 heteroatoms. The molecule has 2 rings (SSSR count). The van der Waals surface area contributed by atoms with Gasteiger partial charge in [0.1, 0.15) is 0 Å². The van der Waals surface area contributed by atoms with Gasteiger partial charge in [-0.2, -0.15) is 0 Å². The predicted octanol–water partition coefficient (Wildman–Crippen LogP) is 2.45. The van der Waals surface area contributed by atoms with Gasteiger partial charge in [-0.3, -0.25) is 4.79 Å². The van der Waals surface area contributed by atoms with E-state index >= 15 is 0 Å². The maximum Gasteiger partial charge on any atom is 0.163 e. The maximum absolute atomic E-state index is 11.1. The molecule has 0 heterocycles. The molecule has 1 nitrogen and oxygen atoms in total. The molecule has 1 aliphatic carbocycles. The molecule has 0 aliphatic heterocycles. The predicted molar refractivity (Wildman–Crippen MR) is 45.8 cm³/mol. The van der Waals surface area contributed by atoms with Gasteiger partial charge in [0.05, 0.1) is 0 Å². The average molecular weight is 148 g/mol. The summed E-state index contributed by atoms with van der Waals surface area (Å²) in [5.41, 5.74) is 2.15. The van der Waals surface area contributed by atoms with Crippen molar-refractivity contribution in [1.82, 2.24) is 0 Å². The van der Waals surface area contributed by atoms with Crippen LogP contribution in [0.25, 0.3) is 0 Å². The molecule has 0 aromatic heterocycles. The third-order valence-corrected chi connectivity index (χ3v) is 1.94. The summed E-state index contributed by atoms with van der Waals surface area (Å²) >= 11 is 0. The lowest BCUT2D eigenvalue weighted by atomic mass is 10.1. The first kappa shape index (κ1) is 7.99. The fourth-order valence-corrected chi connectivity index (χ4v) is 1.39. The van der Waals surface area contributed by atoms with E-state index in [1.165, 1.54) is 5.56 Å². The number of hydrogen-bond donors (Lipinski definition) is 0. The van der Waals surface area contributed by atoms with Crippen LogP contribution in [0.5, 0.6) is 0 Å². The van der Waals surface area contributed by atoms with Crippen LogP contribution in [0.2, 0.25) is 0 Å². The first-order valence-electron chi connectivity index (χ1n) is 3.49. The first-order chi connectivity index (χ1) is 4.88.